The summed E-state index contributed by atoms with van der Waals surface area (Å²) in [6.45, 7) is -2.10. The minimum absolute atomic E-state index is 0. The Morgan fingerprint density at radius 2 is 1.87 bits per heavy atom. The van der Waals surface area contributed by atoms with Gasteiger partial charge in [0.25, 0.3) is 0 Å². The standard InChI is InChI=1S/C21H21F3N4O2.HI/c1-25-21(27-12-15-4-2-3-5-18(15)30-20(23)24)26-11-10-17-13-29-19(28-17)14-6-8-16(22)9-7-14;/h2-9,13,20H,10-12H2,1H3,(H2,25,26,27);1H. The van der Waals surface area contributed by atoms with Crippen LogP contribution in [0.2, 0.25) is 0 Å². The lowest BCUT2D eigenvalue weighted by atomic mass is 10.2. The molecule has 0 saturated heterocycles. The Morgan fingerprint density at radius 1 is 1.13 bits per heavy atom. The molecule has 6 nitrogen and oxygen atoms in total. The lowest BCUT2D eigenvalue weighted by molar-refractivity contribution is -0.0504. The predicted octanol–water partition coefficient (Wildman–Crippen LogP) is 4.61. The first-order chi connectivity index (χ1) is 14.5. The lowest BCUT2D eigenvalue weighted by Crippen LogP contribution is -2.38. The molecule has 2 aromatic carbocycles. The molecule has 0 atom stereocenters. The van der Waals surface area contributed by atoms with Gasteiger partial charge in [-0.3, -0.25) is 4.99 Å². The molecule has 0 saturated carbocycles. The number of nitrogens with zero attached hydrogens (tertiary/aromatic N) is 2. The van der Waals surface area contributed by atoms with Crippen molar-refractivity contribution in [3.8, 4) is 17.2 Å². The third kappa shape index (κ3) is 7.46. The van der Waals surface area contributed by atoms with E-state index < -0.39 is 6.61 Å². The van der Waals surface area contributed by atoms with Gasteiger partial charge in [0.2, 0.25) is 5.89 Å². The summed E-state index contributed by atoms with van der Waals surface area (Å²) in [5, 5.41) is 6.18. The van der Waals surface area contributed by atoms with Crippen LogP contribution in [0.3, 0.4) is 0 Å². The van der Waals surface area contributed by atoms with Crippen molar-refractivity contribution in [1.82, 2.24) is 15.6 Å². The van der Waals surface area contributed by atoms with Crippen LogP contribution >= 0.6 is 24.0 Å². The van der Waals surface area contributed by atoms with E-state index in [-0.39, 0.29) is 42.1 Å². The number of para-hydroxylation sites is 1. The SMILES string of the molecule is CN=C(NCCc1coc(-c2ccc(F)cc2)n1)NCc1ccccc1OC(F)F.I. The number of aromatic nitrogens is 1. The van der Waals surface area contributed by atoms with Crippen molar-refractivity contribution >= 4 is 29.9 Å². The Morgan fingerprint density at radius 3 is 2.58 bits per heavy atom. The fourth-order valence-corrected chi connectivity index (χ4v) is 2.72. The van der Waals surface area contributed by atoms with E-state index in [0.29, 0.717) is 35.9 Å². The molecule has 2 N–H and O–H groups in total. The molecule has 10 heteroatoms. The van der Waals surface area contributed by atoms with Crippen LogP contribution in [0.15, 0.2) is 64.2 Å². The first kappa shape index (κ1) is 24.5. The third-order valence-corrected chi connectivity index (χ3v) is 4.18. The summed E-state index contributed by atoms with van der Waals surface area (Å²) in [7, 11) is 1.61. The second-order valence-corrected chi connectivity index (χ2v) is 6.24. The van der Waals surface area contributed by atoms with E-state index in [1.807, 2.05) is 0 Å². The van der Waals surface area contributed by atoms with Gasteiger partial charge in [0, 0.05) is 37.7 Å². The number of hydrogen-bond acceptors (Lipinski definition) is 4. The Bertz CT molecular complexity index is 981. The van der Waals surface area contributed by atoms with E-state index in [0.717, 1.165) is 5.69 Å². The molecule has 3 aromatic rings. The van der Waals surface area contributed by atoms with Crippen LogP contribution in [0, 0.1) is 5.82 Å². The first-order valence-electron chi connectivity index (χ1n) is 9.22. The molecule has 0 aliphatic carbocycles. The Balaban J connectivity index is 0.00000341. The monoisotopic (exact) mass is 546 g/mol. The van der Waals surface area contributed by atoms with Crippen LogP contribution < -0.4 is 15.4 Å². The van der Waals surface area contributed by atoms with Crippen molar-refractivity contribution in [2.75, 3.05) is 13.6 Å². The second-order valence-electron chi connectivity index (χ2n) is 6.24. The second kappa shape index (κ2) is 12.2. The van der Waals surface area contributed by atoms with Gasteiger partial charge in [0.05, 0.1) is 5.69 Å². The van der Waals surface area contributed by atoms with Crippen molar-refractivity contribution in [3.63, 3.8) is 0 Å². The molecule has 0 fully saturated rings. The summed E-state index contributed by atoms with van der Waals surface area (Å²) in [6, 6.07) is 12.5. The highest BCUT2D eigenvalue weighted by molar-refractivity contribution is 14.0. The highest BCUT2D eigenvalue weighted by atomic mass is 127. The van der Waals surface area contributed by atoms with E-state index in [2.05, 4.69) is 25.3 Å². The highest BCUT2D eigenvalue weighted by Gasteiger charge is 2.10. The summed E-state index contributed by atoms with van der Waals surface area (Å²) < 4.78 is 48.0. The van der Waals surface area contributed by atoms with E-state index in [1.165, 1.54) is 18.2 Å². The lowest BCUT2D eigenvalue weighted by Gasteiger charge is -2.14. The van der Waals surface area contributed by atoms with Crippen LogP contribution in [-0.4, -0.2) is 31.1 Å². The maximum absolute atomic E-state index is 13.0. The number of benzene rings is 2. The average molecular weight is 546 g/mol. The number of nitrogens with one attached hydrogen (secondary N) is 2. The van der Waals surface area contributed by atoms with Gasteiger partial charge in [0.15, 0.2) is 5.96 Å². The number of hydrogen-bond donors (Lipinski definition) is 2. The molecular weight excluding hydrogens is 524 g/mol. The van der Waals surface area contributed by atoms with Crippen LogP contribution in [0.1, 0.15) is 11.3 Å². The zero-order chi connectivity index (χ0) is 21.3. The molecule has 0 amide bonds. The van der Waals surface area contributed by atoms with Crippen molar-refractivity contribution in [3.05, 3.63) is 71.9 Å². The van der Waals surface area contributed by atoms with Gasteiger partial charge in [-0.15, -0.1) is 24.0 Å². The first-order valence-corrected chi connectivity index (χ1v) is 9.22. The Kier molecular flexibility index (Phi) is 9.63. The molecule has 0 unspecified atom stereocenters. The summed E-state index contributed by atoms with van der Waals surface area (Å²) >= 11 is 0. The largest absolute Gasteiger partial charge is 0.444 e. The van der Waals surface area contributed by atoms with E-state index >= 15 is 0 Å². The molecule has 3 rings (SSSR count). The smallest absolute Gasteiger partial charge is 0.387 e. The fourth-order valence-electron chi connectivity index (χ4n) is 2.72. The normalized spacial score (nSPS) is 11.2. The number of aliphatic imine (C=N–C) groups is 1. The number of oxazole rings is 1. The van der Waals surface area contributed by atoms with Crippen molar-refractivity contribution in [2.24, 2.45) is 4.99 Å². The Labute approximate surface area is 194 Å². The molecule has 0 aliphatic rings. The van der Waals surface area contributed by atoms with Gasteiger partial charge in [0.1, 0.15) is 17.8 Å². The van der Waals surface area contributed by atoms with E-state index in [9.17, 15) is 13.2 Å². The van der Waals surface area contributed by atoms with E-state index in [1.54, 1.807) is 43.6 Å². The van der Waals surface area contributed by atoms with Gasteiger partial charge in [-0.25, -0.2) is 9.37 Å². The van der Waals surface area contributed by atoms with Crippen molar-refractivity contribution in [1.29, 1.82) is 0 Å². The molecule has 0 spiro atoms. The molecule has 1 heterocycles. The van der Waals surface area contributed by atoms with Gasteiger partial charge in [-0.2, -0.15) is 8.78 Å². The van der Waals surface area contributed by atoms with Crippen LogP contribution in [0.5, 0.6) is 5.75 Å². The summed E-state index contributed by atoms with van der Waals surface area (Å²) in [6.07, 6.45) is 2.12. The average Bonchev–Trinajstić information content (AvgIpc) is 3.20. The summed E-state index contributed by atoms with van der Waals surface area (Å²) in [5.41, 5.74) is 2.01. The molecule has 0 bridgehead atoms. The molecule has 31 heavy (non-hydrogen) atoms. The molecule has 1 aromatic heterocycles. The number of ether oxygens (including phenoxy) is 1. The minimum Gasteiger partial charge on any atom is -0.444 e. The van der Waals surface area contributed by atoms with Crippen LogP contribution in [0.4, 0.5) is 13.2 Å². The van der Waals surface area contributed by atoms with Crippen molar-refractivity contribution < 1.29 is 22.3 Å². The van der Waals surface area contributed by atoms with Gasteiger partial charge in [-0.05, 0) is 30.3 Å². The fraction of sp³-hybridized carbons (Fsp3) is 0.238. The zero-order valence-electron chi connectivity index (χ0n) is 16.6. The molecular formula is C21H22F3IN4O2. The number of guanidine groups is 1. The topological polar surface area (TPSA) is 71.7 Å². The zero-order valence-corrected chi connectivity index (χ0v) is 19.0. The van der Waals surface area contributed by atoms with Gasteiger partial charge in [-0.1, -0.05) is 18.2 Å². The third-order valence-electron chi connectivity index (χ3n) is 4.18. The minimum atomic E-state index is -2.88. The van der Waals surface area contributed by atoms with Crippen LogP contribution in [0.25, 0.3) is 11.5 Å². The summed E-state index contributed by atoms with van der Waals surface area (Å²) in [5.74, 6) is 0.718. The maximum atomic E-state index is 13.0. The number of alkyl halides is 2. The van der Waals surface area contributed by atoms with Crippen molar-refractivity contribution in [2.45, 2.75) is 19.6 Å². The number of halogens is 4. The van der Waals surface area contributed by atoms with Crippen LogP contribution in [-0.2, 0) is 13.0 Å². The quantitative estimate of drug-likeness (QED) is 0.246. The van der Waals surface area contributed by atoms with E-state index in [4.69, 9.17) is 4.42 Å². The molecule has 166 valence electrons. The number of rotatable bonds is 8. The Hall–Kier alpha value is -2.76. The van der Waals surface area contributed by atoms with Gasteiger partial charge < -0.3 is 19.8 Å². The highest BCUT2D eigenvalue weighted by Crippen LogP contribution is 2.20. The maximum Gasteiger partial charge on any atom is 0.387 e. The molecule has 0 radical (unpaired) electrons. The molecule has 0 aliphatic heterocycles. The summed E-state index contributed by atoms with van der Waals surface area (Å²) in [4.78, 5) is 8.50. The van der Waals surface area contributed by atoms with Gasteiger partial charge >= 0.3 is 6.61 Å². The predicted molar refractivity (Wildman–Crippen MR) is 122 cm³/mol.